The van der Waals surface area contributed by atoms with Gasteiger partial charge in [-0.1, -0.05) is 0 Å². The Balaban J connectivity index is 2.63. The van der Waals surface area contributed by atoms with Crippen molar-refractivity contribution in [3.05, 3.63) is 24.2 Å². The summed E-state index contributed by atoms with van der Waals surface area (Å²) < 4.78 is 18.3. The lowest BCUT2D eigenvalue weighted by molar-refractivity contribution is 0.192. The van der Waals surface area contributed by atoms with E-state index in [0.29, 0.717) is 11.4 Å². The van der Waals surface area contributed by atoms with E-state index in [4.69, 9.17) is 4.74 Å². The molecule has 0 atom stereocenters. The minimum Gasteiger partial charge on any atom is -0.459 e. The molecule has 0 saturated heterocycles. The second-order valence-corrected chi connectivity index (χ2v) is 2.60. The van der Waals surface area contributed by atoms with Crippen LogP contribution in [0, 0.1) is 6.92 Å². The van der Waals surface area contributed by atoms with Gasteiger partial charge in [0, 0.05) is 18.5 Å². The maximum absolute atomic E-state index is 12.0. The number of hydrogen-bond acceptors (Lipinski definition) is 3. The Hall–Kier alpha value is -1.65. The molecule has 4 nitrogen and oxygen atoms in total. The zero-order chi connectivity index (χ0) is 9.26. The minimum absolute atomic E-state index is 0.417. The van der Waals surface area contributed by atoms with Crippen molar-refractivity contribution >= 4 is 5.65 Å². The van der Waals surface area contributed by atoms with Crippen molar-refractivity contribution in [2.75, 3.05) is 6.86 Å². The van der Waals surface area contributed by atoms with Crippen LogP contribution in [-0.2, 0) is 0 Å². The molecule has 0 N–H and O–H groups in total. The number of imidazole rings is 1. The van der Waals surface area contributed by atoms with Crippen molar-refractivity contribution < 1.29 is 9.13 Å². The van der Waals surface area contributed by atoms with Crippen molar-refractivity contribution in [3.8, 4) is 5.75 Å². The first-order valence-electron chi connectivity index (χ1n) is 3.81. The fourth-order valence-electron chi connectivity index (χ4n) is 1.17. The Kier molecular flexibility index (Phi) is 1.84. The zero-order valence-corrected chi connectivity index (χ0v) is 7.07. The summed E-state index contributed by atoms with van der Waals surface area (Å²) in [6.45, 7) is 0.955. The van der Waals surface area contributed by atoms with Crippen LogP contribution in [0.3, 0.4) is 0 Å². The third kappa shape index (κ3) is 1.32. The monoisotopic (exact) mass is 181 g/mol. The Bertz CT molecular complexity index is 426. The van der Waals surface area contributed by atoms with Crippen LogP contribution in [-0.4, -0.2) is 21.5 Å². The maximum atomic E-state index is 12.0. The lowest BCUT2D eigenvalue weighted by atomic mass is 10.4. The van der Waals surface area contributed by atoms with Crippen molar-refractivity contribution in [2.45, 2.75) is 6.92 Å². The molecule has 2 heterocycles. The Morgan fingerprint density at radius 3 is 3.23 bits per heavy atom. The Labute approximate surface area is 74.0 Å². The van der Waals surface area contributed by atoms with Crippen LogP contribution in [0.1, 0.15) is 5.69 Å². The molecule has 0 fully saturated rings. The van der Waals surface area contributed by atoms with E-state index in [1.165, 1.54) is 0 Å². The molecule has 0 aliphatic carbocycles. The summed E-state index contributed by atoms with van der Waals surface area (Å²) in [5, 5.41) is 4.13. The first kappa shape index (κ1) is 7.97. The van der Waals surface area contributed by atoms with Gasteiger partial charge in [-0.3, -0.25) is 0 Å². The quantitative estimate of drug-likeness (QED) is 0.701. The predicted molar refractivity (Wildman–Crippen MR) is 44.3 cm³/mol. The van der Waals surface area contributed by atoms with E-state index in [0.717, 1.165) is 5.69 Å². The fourth-order valence-corrected chi connectivity index (χ4v) is 1.17. The van der Waals surface area contributed by atoms with E-state index in [2.05, 4.69) is 10.1 Å². The first-order chi connectivity index (χ1) is 6.31. The summed E-state index contributed by atoms with van der Waals surface area (Å²) in [4.78, 5) is 3.99. The number of alkyl halides is 1. The van der Waals surface area contributed by atoms with Gasteiger partial charge in [-0.05, 0) is 6.92 Å². The van der Waals surface area contributed by atoms with Crippen LogP contribution in [0.25, 0.3) is 5.65 Å². The van der Waals surface area contributed by atoms with Gasteiger partial charge in [0.15, 0.2) is 11.4 Å². The molecule has 2 aromatic rings. The van der Waals surface area contributed by atoms with E-state index in [1.54, 1.807) is 23.0 Å². The molecule has 5 heteroatoms. The molecule has 0 spiro atoms. The number of fused-ring (bicyclic) bond motifs is 1. The molecule has 0 amide bonds. The van der Waals surface area contributed by atoms with Crippen LogP contribution in [0.2, 0.25) is 0 Å². The first-order valence-corrected chi connectivity index (χ1v) is 3.81. The molecular formula is C8H8FN3O. The summed E-state index contributed by atoms with van der Waals surface area (Å²) in [6, 6.07) is 1.65. The highest BCUT2D eigenvalue weighted by molar-refractivity contribution is 5.52. The average Bonchev–Trinajstić information content (AvgIpc) is 2.52. The maximum Gasteiger partial charge on any atom is 0.228 e. The van der Waals surface area contributed by atoms with Crippen LogP contribution < -0.4 is 4.74 Å². The minimum atomic E-state index is -0.855. The van der Waals surface area contributed by atoms with Gasteiger partial charge < -0.3 is 4.74 Å². The molecule has 0 bridgehead atoms. The average molecular weight is 181 g/mol. The molecule has 2 rings (SSSR count). The number of aryl methyl sites for hydroxylation is 1. The number of ether oxygens (including phenoxy) is 1. The second kappa shape index (κ2) is 3.01. The van der Waals surface area contributed by atoms with E-state index in [-0.39, 0.29) is 0 Å². The molecule has 0 aromatic carbocycles. The largest absolute Gasteiger partial charge is 0.459 e. The summed E-state index contributed by atoms with van der Waals surface area (Å²) in [7, 11) is 0. The number of hydrogen-bond donors (Lipinski definition) is 0. The number of aromatic nitrogens is 3. The fraction of sp³-hybridized carbons (Fsp3) is 0.250. The van der Waals surface area contributed by atoms with Gasteiger partial charge in [-0.25, -0.2) is 13.9 Å². The van der Waals surface area contributed by atoms with Crippen LogP contribution in [0.4, 0.5) is 4.39 Å². The van der Waals surface area contributed by atoms with Gasteiger partial charge >= 0.3 is 0 Å². The van der Waals surface area contributed by atoms with Gasteiger partial charge in [-0.15, -0.1) is 0 Å². The summed E-state index contributed by atoms with van der Waals surface area (Å²) >= 11 is 0. The molecule has 13 heavy (non-hydrogen) atoms. The summed E-state index contributed by atoms with van der Waals surface area (Å²) in [5.41, 5.74) is 1.29. The van der Waals surface area contributed by atoms with E-state index in [9.17, 15) is 4.39 Å². The molecule has 0 aliphatic rings. The van der Waals surface area contributed by atoms with Gasteiger partial charge in [0.05, 0.1) is 5.69 Å². The van der Waals surface area contributed by atoms with Crippen molar-refractivity contribution in [1.29, 1.82) is 0 Å². The lowest BCUT2D eigenvalue weighted by Gasteiger charge is -2.03. The molecule has 68 valence electrons. The van der Waals surface area contributed by atoms with Crippen molar-refractivity contribution in [2.24, 2.45) is 0 Å². The number of rotatable bonds is 2. The Morgan fingerprint density at radius 1 is 1.62 bits per heavy atom. The number of halogens is 1. The van der Waals surface area contributed by atoms with Gasteiger partial charge in [0.1, 0.15) is 0 Å². The van der Waals surface area contributed by atoms with Crippen molar-refractivity contribution in [3.63, 3.8) is 0 Å². The highest BCUT2D eigenvalue weighted by atomic mass is 19.1. The smallest absolute Gasteiger partial charge is 0.228 e. The van der Waals surface area contributed by atoms with Gasteiger partial charge in [-0.2, -0.15) is 5.10 Å². The highest BCUT2D eigenvalue weighted by Gasteiger charge is 2.05. The third-order valence-electron chi connectivity index (χ3n) is 1.66. The molecule has 0 saturated carbocycles. The van der Waals surface area contributed by atoms with E-state index >= 15 is 0 Å². The third-order valence-corrected chi connectivity index (χ3v) is 1.66. The van der Waals surface area contributed by atoms with Crippen molar-refractivity contribution in [1.82, 2.24) is 14.6 Å². The normalized spacial score (nSPS) is 10.6. The van der Waals surface area contributed by atoms with Crippen LogP contribution in [0.5, 0.6) is 5.75 Å². The van der Waals surface area contributed by atoms with Crippen LogP contribution in [0.15, 0.2) is 18.5 Å². The SMILES string of the molecule is Cc1cc(OCF)c2nccn2n1. The molecule has 0 radical (unpaired) electrons. The summed E-state index contributed by atoms with van der Waals surface area (Å²) in [5.74, 6) is 0.417. The topological polar surface area (TPSA) is 39.4 Å². The predicted octanol–water partition coefficient (Wildman–Crippen LogP) is 1.34. The zero-order valence-electron chi connectivity index (χ0n) is 7.07. The van der Waals surface area contributed by atoms with Gasteiger partial charge in [0.25, 0.3) is 0 Å². The lowest BCUT2D eigenvalue weighted by Crippen LogP contribution is -1.99. The second-order valence-electron chi connectivity index (χ2n) is 2.60. The van der Waals surface area contributed by atoms with Crippen LogP contribution >= 0.6 is 0 Å². The summed E-state index contributed by atoms with van der Waals surface area (Å²) in [6.07, 6.45) is 3.28. The molecular weight excluding hydrogens is 173 g/mol. The Morgan fingerprint density at radius 2 is 2.46 bits per heavy atom. The highest BCUT2D eigenvalue weighted by Crippen LogP contribution is 2.17. The standard InChI is InChI=1S/C8H8FN3O/c1-6-4-7(13-5-9)8-10-2-3-12(8)11-6/h2-4H,5H2,1H3. The van der Waals surface area contributed by atoms with E-state index in [1.807, 2.05) is 6.92 Å². The van der Waals surface area contributed by atoms with E-state index < -0.39 is 6.86 Å². The van der Waals surface area contributed by atoms with Gasteiger partial charge in [0.2, 0.25) is 6.86 Å². The number of nitrogens with zero attached hydrogens (tertiary/aromatic N) is 3. The molecule has 0 aliphatic heterocycles. The molecule has 2 aromatic heterocycles. The molecule has 0 unspecified atom stereocenters.